The summed E-state index contributed by atoms with van der Waals surface area (Å²) >= 11 is 0. The maximum atomic E-state index is 5.71. The van der Waals surface area contributed by atoms with Crippen molar-refractivity contribution in [2.75, 3.05) is 19.7 Å². The molecule has 2 N–H and O–H groups in total. The largest absolute Gasteiger partial charge is 0.378 e. The molecular formula is C13H28N2O. The van der Waals surface area contributed by atoms with Crippen molar-refractivity contribution < 1.29 is 4.74 Å². The van der Waals surface area contributed by atoms with Crippen molar-refractivity contribution in [2.24, 2.45) is 5.41 Å². The fourth-order valence-electron chi connectivity index (χ4n) is 2.32. The third-order valence-corrected chi connectivity index (χ3v) is 3.61. The monoisotopic (exact) mass is 228 g/mol. The van der Waals surface area contributed by atoms with E-state index >= 15 is 0 Å². The zero-order valence-electron chi connectivity index (χ0n) is 11.5. The second-order valence-electron chi connectivity index (χ2n) is 5.62. The van der Waals surface area contributed by atoms with Crippen LogP contribution in [0.2, 0.25) is 0 Å². The van der Waals surface area contributed by atoms with E-state index in [1.54, 1.807) is 0 Å². The predicted octanol–water partition coefficient (Wildman–Crippen LogP) is 1.78. The molecule has 0 amide bonds. The molecule has 0 bridgehead atoms. The van der Waals surface area contributed by atoms with E-state index in [0.717, 1.165) is 26.1 Å². The Labute approximate surface area is 100 Å². The molecule has 2 unspecified atom stereocenters. The molecule has 1 aliphatic rings. The lowest BCUT2D eigenvalue weighted by molar-refractivity contribution is -0.113. The van der Waals surface area contributed by atoms with Gasteiger partial charge in [0.25, 0.3) is 0 Å². The summed E-state index contributed by atoms with van der Waals surface area (Å²) in [7, 11) is 0. The lowest BCUT2D eigenvalue weighted by Gasteiger charge is -2.52. The highest BCUT2D eigenvalue weighted by Gasteiger charge is 2.48. The smallest absolute Gasteiger partial charge is 0.0655 e. The van der Waals surface area contributed by atoms with Gasteiger partial charge in [-0.2, -0.15) is 0 Å². The van der Waals surface area contributed by atoms with Gasteiger partial charge in [-0.1, -0.05) is 27.7 Å². The summed E-state index contributed by atoms with van der Waals surface area (Å²) < 4.78 is 5.71. The third kappa shape index (κ3) is 3.44. The maximum absolute atomic E-state index is 5.71. The van der Waals surface area contributed by atoms with Crippen LogP contribution in [0.3, 0.4) is 0 Å². The van der Waals surface area contributed by atoms with Crippen LogP contribution in [0.25, 0.3) is 0 Å². The van der Waals surface area contributed by atoms with Gasteiger partial charge in [0.1, 0.15) is 0 Å². The molecule has 0 heterocycles. The first kappa shape index (κ1) is 13.9. The van der Waals surface area contributed by atoms with Crippen molar-refractivity contribution in [2.45, 2.75) is 59.2 Å². The summed E-state index contributed by atoms with van der Waals surface area (Å²) in [5, 5.41) is 7.03. The quantitative estimate of drug-likeness (QED) is 0.652. The number of ether oxygens (including phenoxy) is 1. The van der Waals surface area contributed by atoms with Gasteiger partial charge in [-0.05, 0) is 13.3 Å². The highest BCUT2D eigenvalue weighted by Crippen LogP contribution is 2.42. The number of nitrogens with one attached hydrogen (secondary N) is 2. The molecule has 1 rings (SSSR count). The lowest BCUT2D eigenvalue weighted by Crippen LogP contribution is -2.61. The summed E-state index contributed by atoms with van der Waals surface area (Å²) in [6.45, 7) is 13.9. The van der Waals surface area contributed by atoms with E-state index in [-0.39, 0.29) is 5.41 Å². The molecule has 0 radical (unpaired) electrons. The SMILES string of the molecule is CCOC1CC(NCCNC(C)C)C1(C)C. The molecule has 0 aromatic carbocycles. The fraction of sp³-hybridized carbons (Fsp3) is 1.00. The summed E-state index contributed by atoms with van der Waals surface area (Å²) in [5.74, 6) is 0. The molecule has 16 heavy (non-hydrogen) atoms. The summed E-state index contributed by atoms with van der Waals surface area (Å²) in [6.07, 6.45) is 1.59. The van der Waals surface area contributed by atoms with Crippen LogP contribution in [-0.2, 0) is 4.74 Å². The predicted molar refractivity (Wildman–Crippen MR) is 68.7 cm³/mol. The van der Waals surface area contributed by atoms with E-state index in [0.29, 0.717) is 18.2 Å². The van der Waals surface area contributed by atoms with Crippen LogP contribution in [0.15, 0.2) is 0 Å². The van der Waals surface area contributed by atoms with Crippen molar-refractivity contribution in [3.8, 4) is 0 Å². The van der Waals surface area contributed by atoms with Gasteiger partial charge in [0.05, 0.1) is 6.10 Å². The zero-order valence-corrected chi connectivity index (χ0v) is 11.5. The molecule has 0 saturated heterocycles. The molecule has 3 nitrogen and oxygen atoms in total. The zero-order chi connectivity index (χ0) is 12.2. The first-order valence-corrected chi connectivity index (χ1v) is 6.56. The molecule has 0 aromatic rings. The average Bonchev–Trinajstić information content (AvgIpc) is 2.20. The van der Waals surface area contributed by atoms with Gasteiger partial charge in [-0.25, -0.2) is 0 Å². The Morgan fingerprint density at radius 1 is 1.31 bits per heavy atom. The van der Waals surface area contributed by atoms with E-state index in [9.17, 15) is 0 Å². The van der Waals surface area contributed by atoms with Crippen LogP contribution in [0.5, 0.6) is 0 Å². The Balaban J connectivity index is 2.16. The third-order valence-electron chi connectivity index (χ3n) is 3.61. The van der Waals surface area contributed by atoms with Gasteiger partial charge in [-0.3, -0.25) is 0 Å². The van der Waals surface area contributed by atoms with Crippen LogP contribution >= 0.6 is 0 Å². The van der Waals surface area contributed by atoms with E-state index in [2.05, 4.69) is 45.3 Å². The van der Waals surface area contributed by atoms with Gasteiger partial charge in [0.15, 0.2) is 0 Å². The molecular weight excluding hydrogens is 200 g/mol. The first-order valence-electron chi connectivity index (χ1n) is 6.56. The van der Waals surface area contributed by atoms with Crippen molar-refractivity contribution in [1.29, 1.82) is 0 Å². The summed E-state index contributed by atoms with van der Waals surface area (Å²) in [6, 6.07) is 1.19. The van der Waals surface area contributed by atoms with Crippen LogP contribution < -0.4 is 10.6 Å². The minimum absolute atomic E-state index is 0.286. The average molecular weight is 228 g/mol. The standard InChI is InChI=1S/C13H28N2O/c1-6-16-12-9-11(13(12,4)5)15-8-7-14-10(2)3/h10-12,14-15H,6-9H2,1-5H3. The number of hydrogen-bond donors (Lipinski definition) is 2. The van der Waals surface area contributed by atoms with E-state index in [1.165, 1.54) is 0 Å². The van der Waals surface area contributed by atoms with E-state index in [4.69, 9.17) is 4.74 Å². The van der Waals surface area contributed by atoms with Gasteiger partial charge in [-0.15, -0.1) is 0 Å². The van der Waals surface area contributed by atoms with Crippen molar-refractivity contribution in [3.63, 3.8) is 0 Å². The number of rotatable bonds is 7. The van der Waals surface area contributed by atoms with Crippen molar-refractivity contribution in [1.82, 2.24) is 10.6 Å². The molecule has 1 aliphatic carbocycles. The minimum Gasteiger partial charge on any atom is -0.378 e. The molecule has 0 aromatic heterocycles. The van der Waals surface area contributed by atoms with Crippen LogP contribution in [0.4, 0.5) is 0 Å². The molecule has 0 spiro atoms. The van der Waals surface area contributed by atoms with Gasteiger partial charge in [0.2, 0.25) is 0 Å². The molecule has 1 saturated carbocycles. The van der Waals surface area contributed by atoms with Gasteiger partial charge in [0, 0.05) is 37.2 Å². The molecule has 1 fully saturated rings. The van der Waals surface area contributed by atoms with Crippen molar-refractivity contribution >= 4 is 0 Å². The van der Waals surface area contributed by atoms with E-state index < -0.39 is 0 Å². The highest BCUT2D eigenvalue weighted by molar-refractivity contribution is 5.02. The summed E-state index contributed by atoms with van der Waals surface area (Å²) in [5.41, 5.74) is 0.286. The second kappa shape index (κ2) is 5.99. The summed E-state index contributed by atoms with van der Waals surface area (Å²) in [4.78, 5) is 0. The Hall–Kier alpha value is -0.120. The number of hydrogen-bond acceptors (Lipinski definition) is 3. The molecule has 3 heteroatoms. The van der Waals surface area contributed by atoms with Gasteiger partial charge >= 0.3 is 0 Å². The first-order chi connectivity index (χ1) is 7.48. The normalized spacial score (nSPS) is 28.1. The van der Waals surface area contributed by atoms with Crippen molar-refractivity contribution in [3.05, 3.63) is 0 Å². The fourth-order valence-corrected chi connectivity index (χ4v) is 2.32. The molecule has 96 valence electrons. The van der Waals surface area contributed by atoms with Crippen LogP contribution in [-0.4, -0.2) is 37.9 Å². The van der Waals surface area contributed by atoms with Gasteiger partial charge < -0.3 is 15.4 Å². The minimum atomic E-state index is 0.286. The second-order valence-corrected chi connectivity index (χ2v) is 5.62. The van der Waals surface area contributed by atoms with E-state index in [1.807, 2.05) is 0 Å². The molecule has 0 aliphatic heterocycles. The van der Waals surface area contributed by atoms with Crippen LogP contribution in [0.1, 0.15) is 41.0 Å². The Bertz CT molecular complexity index is 204. The molecule has 2 atom stereocenters. The topological polar surface area (TPSA) is 33.3 Å². The maximum Gasteiger partial charge on any atom is 0.0655 e. The Morgan fingerprint density at radius 2 is 2.00 bits per heavy atom. The Kier molecular flexibility index (Phi) is 5.22. The Morgan fingerprint density at radius 3 is 2.50 bits per heavy atom. The van der Waals surface area contributed by atoms with Crippen LogP contribution in [0, 0.1) is 5.41 Å². The lowest BCUT2D eigenvalue weighted by atomic mass is 9.64. The highest BCUT2D eigenvalue weighted by atomic mass is 16.5.